The van der Waals surface area contributed by atoms with Crippen molar-refractivity contribution in [1.82, 2.24) is 15.6 Å². The van der Waals surface area contributed by atoms with Crippen molar-refractivity contribution in [2.75, 3.05) is 38.5 Å². The number of hydrogen-bond donors (Lipinski definition) is 4. The maximum absolute atomic E-state index is 13.4. The maximum atomic E-state index is 13.4. The molecule has 10 nitrogen and oxygen atoms in total. The van der Waals surface area contributed by atoms with Crippen LogP contribution < -0.4 is 15.5 Å². The highest BCUT2D eigenvalue weighted by molar-refractivity contribution is 6.16. The van der Waals surface area contributed by atoms with Crippen molar-refractivity contribution in [3.63, 3.8) is 0 Å². The van der Waals surface area contributed by atoms with Crippen molar-refractivity contribution in [2.45, 2.75) is 25.0 Å². The zero-order valence-corrected chi connectivity index (χ0v) is 20.7. The quantitative estimate of drug-likeness (QED) is 0.170. The number of amides is 3. The number of carbonyl (C=O) groups is 3. The summed E-state index contributed by atoms with van der Waals surface area (Å²) in [5, 5.41) is 16.5. The summed E-state index contributed by atoms with van der Waals surface area (Å²) in [6.07, 6.45) is 0.541. The third kappa shape index (κ3) is 5.98. The Labute approximate surface area is 216 Å². The Kier molecular flexibility index (Phi) is 8.35. The van der Waals surface area contributed by atoms with Crippen LogP contribution in [0.4, 0.5) is 14.5 Å². The Bertz CT molecular complexity index is 1330. The fourth-order valence-corrected chi connectivity index (χ4v) is 4.20. The highest BCUT2D eigenvalue weighted by Gasteiger charge is 2.51. The molecule has 0 aliphatic carbocycles. The van der Waals surface area contributed by atoms with Crippen LogP contribution >= 0.6 is 0 Å². The lowest BCUT2D eigenvalue weighted by Gasteiger charge is -2.22. The summed E-state index contributed by atoms with van der Waals surface area (Å²) >= 11 is 0. The summed E-state index contributed by atoms with van der Waals surface area (Å²) in [6.45, 7) is 0.862. The molecule has 1 aliphatic heterocycles. The van der Waals surface area contributed by atoms with Gasteiger partial charge in [-0.1, -0.05) is 0 Å². The van der Waals surface area contributed by atoms with Crippen LogP contribution in [0.15, 0.2) is 42.5 Å². The number of hydrogen-bond acceptors (Lipinski definition) is 6. The summed E-state index contributed by atoms with van der Waals surface area (Å²) in [7, 11) is 1.60. The number of H-pyrrole nitrogens is 1. The van der Waals surface area contributed by atoms with E-state index in [0.29, 0.717) is 48.0 Å². The Morgan fingerprint density at radius 2 is 1.87 bits per heavy atom. The van der Waals surface area contributed by atoms with E-state index in [2.05, 4.69) is 15.6 Å². The van der Waals surface area contributed by atoms with Crippen molar-refractivity contribution >= 4 is 34.3 Å². The molecule has 1 fully saturated rings. The fourth-order valence-electron chi connectivity index (χ4n) is 4.20. The molecule has 2 heterocycles. The molecular weight excluding hydrogens is 502 g/mol. The molecule has 1 saturated heterocycles. The number of halogens is 2. The van der Waals surface area contributed by atoms with Gasteiger partial charge < -0.3 is 35.1 Å². The van der Waals surface area contributed by atoms with Gasteiger partial charge in [0, 0.05) is 55.9 Å². The van der Waals surface area contributed by atoms with Crippen molar-refractivity contribution in [3.8, 4) is 0 Å². The van der Waals surface area contributed by atoms with Crippen LogP contribution in [0.1, 0.15) is 28.9 Å². The molecule has 0 bridgehead atoms. The van der Waals surface area contributed by atoms with Crippen LogP contribution in [0.5, 0.6) is 0 Å². The Balaban J connectivity index is 1.38. The Morgan fingerprint density at radius 3 is 2.61 bits per heavy atom. The molecule has 1 aliphatic rings. The van der Waals surface area contributed by atoms with E-state index in [9.17, 15) is 28.3 Å². The van der Waals surface area contributed by atoms with Gasteiger partial charge >= 0.3 is 0 Å². The van der Waals surface area contributed by atoms with E-state index in [0.717, 1.165) is 12.1 Å². The normalized spacial score (nSPS) is 17.3. The average Bonchev–Trinajstić information content (AvgIpc) is 3.45. The molecule has 12 heteroatoms. The largest absolute Gasteiger partial charge is 0.385 e. The zero-order valence-electron chi connectivity index (χ0n) is 20.7. The number of benzene rings is 2. The minimum atomic E-state index is -2.33. The number of fused-ring (bicyclic) bond motifs is 1. The van der Waals surface area contributed by atoms with Crippen LogP contribution in [-0.4, -0.2) is 67.0 Å². The van der Waals surface area contributed by atoms with Gasteiger partial charge in [0.15, 0.2) is 0 Å². The number of anilines is 1. The average molecular weight is 531 g/mol. The van der Waals surface area contributed by atoms with Crippen LogP contribution in [0.3, 0.4) is 0 Å². The first-order valence-electron chi connectivity index (χ1n) is 12.0. The van der Waals surface area contributed by atoms with Gasteiger partial charge in [0.25, 0.3) is 17.7 Å². The monoisotopic (exact) mass is 530 g/mol. The van der Waals surface area contributed by atoms with Gasteiger partial charge in [-0.15, -0.1) is 0 Å². The van der Waals surface area contributed by atoms with Crippen LogP contribution in [-0.2, 0) is 25.6 Å². The molecule has 202 valence electrons. The first kappa shape index (κ1) is 27.2. The van der Waals surface area contributed by atoms with Crippen LogP contribution in [0.25, 0.3) is 10.9 Å². The van der Waals surface area contributed by atoms with E-state index < -0.39 is 29.0 Å². The predicted molar refractivity (Wildman–Crippen MR) is 133 cm³/mol. The number of methoxy groups -OCH3 is 1. The molecule has 1 atom stereocenters. The van der Waals surface area contributed by atoms with E-state index in [1.54, 1.807) is 31.4 Å². The summed E-state index contributed by atoms with van der Waals surface area (Å²) in [4.78, 5) is 42.4. The molecule has 0 radical (unpaired) electrons. The minimum absolute atomic E-state index is 0.0419. The van der Waals surface area contributed by atoms with E-state index in [1.165, 1.54) is 4.90 Å². The maximum Gasteiger partial charge on any atom is 0.269 e. The molecule has 38 heavy (non-hydrogen) atoms. The molecule has 1 aromatic heterocycles. The second kappa shape index (κ2) is 11.7. The second-order valence-corrected chi connectivity index (χ2v) is 8.89. The summed E-state index contributed by atoms with van der Waals surface area (Å²) in [6, 6.07) is 9.41. The number of aliphatic hydroxyl groups is 1. The lowest BCUT2D eigenvalue weighted by molar-refractivity contribution is -0.149. The lowest BCUT2D eigenvalue weighted by atomic mass is 10.0. The molecule has 0 saturated carbocycles. The van der Waals surface area contributed by atoms with E-state index in [1.807, 2.05) is 0 Å². The third-order valence-corrected chi connectivity index (χ3v) is 6.18. The van der Waals surface area contributed by atoms with Crippen LogP contribution in [0.2, 0.25) is 0 Å². The number of rotatable bonds is 11. The highest BCUT2D eigenvalue weighted by Crippen LogP contribution is 2.31. The van der Waals surface area contributed by atoms with Crippen molar-refractivity contribution in [3.05, 3.63) is 65.4 Å². The van der Waals surface area contributed by atoms with Gasteiger partial charge in [-0.05, 0) is 48.4 Å². The van der Waals surface area contributed by atoms with Gasteiger partial charge in [0.1, 0.15) is 24.1 Å². The zero-order chi connectivity index (χ0) is 27.3. The number of nitrogens with zero attached hydrogens (tertiary/aromatic N) is 1. The lowest BCUT2D eigenvalue weighted by Crippen LogP contribution is -2.52. The van der Waals surface area contributed by atoms with Crippen molar-refractivity contribution < 1.29 is 37.7 Å². The molecule has 4 rings (SSSR count). The summed E-state index contributed by atoms with van der Waals surface area (Å²) < 4.78 is 37.1. The molecular formula is C26H28F2N4O6. The van der Waals surface area contributed by atoms with E-state index >= 15 is 0 Å². The van der Waals surface area contributed by atoms with Crippen molar-refractivity contribution in [2.24, 2.45) is 0 Å². The van der Waals surface area contributed by atoms with Gasteiger partial charge in [0.2, 0.25) is 5.60 Å². The van der Waals surface area contributed by atoms with Gasteiger partial charge in [-0.25, -0.2) is 8.78 Å². The molecule has 0 spiro atoms. The van der Waals surface area contributed by atoms with Gasteiger partial charge in [-0.2, -0.15) is 0 Å². The van der Waals surface area contributed by atoms with Gasteiger partial charge in [-0.3, -0.25) is 14.4 Å². The van der Waals surface area contributed by atoms with E-state index in [-0.39, 0.29) is 37.7 Å². The number of ether oxygens (including phenoxy) is 2. The third-order valence-electron chi connectivity index (χ3n) is 6.18. The van der Waals surface area contributed by atoms with Gasteiger partial charge in [0.05, 0.1) is 6.61 Å². The Hall–Kier alpha value is -3.87. The minimum Gasteiger partial charge on any atom is -0.385 e. The highest BCUT2D eigenvalue weighted by atomic mass is 19.1. The summed E-state index contributed by atoms with van der Waals surface area (Å²) in [5.41, 5.74) is -0.784. The Morgan fingerprint density at radius 1 is 1.11 bits per heavy atom. The molecule has 4 N–H and O–H groups in total. The fraction of sp³-hybridized carbons (Fsp3) is 0.346. The number of aromatic nitrogens is 1. The molecule has 3 amide bonds. The van der Waals surface area contributed by atoms with Crippen LogP contribution in [0, 0.1) is 11.6 Å². The second-order valence-electron chi connectivity index (χ2n) is 8.89. The first-order valence-corrected chi connectivity index (χ1v) is 12.0. The topological polar surface area (TPSA) is 133 Å². The number of carbonyl (C=O) groups excluding carboxylic acids is 3. The smallest absolute Gasteiger partial charge is 0.269 e. The van der Waals surface area contributed by atoms with Crippen molar-refractivity contribution in [1.29, 1.82) is 0 Å². The predicted octanol–water partition coefficient (Wildman–Crippen LogP) is 1.97. The SMILES string of the molecule is COCCCOCNC(=O)c1cc2cc(N3CCC(O)(C(=O)NCc4cc(F)cc(F)c4)C3=O)ccc2[nH]1. The number of nitrogens with one attached hydrogen (secondary N) is 3. The van der Waals surface area contributed by atoms with E-state index in [4.69, 9.17) is 9.47 Å². The molecule has 3 aromatic rings. The first-order chi connectivity index (χ1) is 18.2. The molecule has 2 aromatic carbocycles. The standard InChI is InChI=1S/C26H28F2N4O6/c1-37-7-2-8-38-15-30-23(33)22-12-17-11-20(3-4-21(17)31-22)32-6-5-26(36,25(32)35)24(34)29-14-16-9-18(27)13-19(28)10-16/h3-4,9-13,31,36H,2,5-8,14-15H2,1H3,(H,29,34)(H,30,33). The number of aromatic amines is 1. The molecule has 1 unspecified atom stereocenters. The summed E-state index contributed by atoms with van der Waals surface area (Å²) in [5.74, 6) is -3.75.